The van der Waals surface area contributed by atoms with Crippen molar-refractivity contribution in [1.29, 1.82) is 0 Å². The third kappa shape index (κ3) is 4.55. The second-order valence-electron chi connectivity index (χ2n) is 3.53. The van der Waals surface area contributed by atoms with E-state index < -0.39 is 18.2 Å². The number of hydrogen-bond donors (Lipinski definition) is 0. The largest absolute Gasteiger partial charge is 0.574 e. The lowest BCUT2D eigenvalue weighted by atomic mass is 10.1. The number of hydrogen-bond acceptors (Lipinski definition) is 5. The van der Waals surface area contributed by atoms with E-state index in [1.807, 2.05) is 0 Å². The van der Waals surface area contributed by atoms with Crippen LogP contribution in [-0.2, 0) is 21.3 Å². The van der Waals surface area contributed by atoms with Crippen molar-refractivity contribution in [3.8, 4) is 11.6 Å². The summed E-state index contributed by atoms with van der Waals surface area (Å²) in [4.78, 5) is 14.9. The summed E-state index contributed by atoms with van der Waals surface area (Å²) in [5.41, 5.74) is 0.385. The van der Waals surface area contributed by atoms with Crippen LogP contribution in [0.15, 0.2) is 6.07 Å². The van der Waals surface area contributed by atoms with Crippen LogP contribution in [0.1, 0.15) is 11.3 Å². The van der Waals surface area contributed by atoms with E-state index in [2.05, 4.69) is 30.4 Å². The van der Waals surface area contributed by atoms with E-state index in [1.165, 1.54) is 14.2 Å². The number of carbonyl (C=O) groups excluding carboxylic acids is 1. The zero-order valence-corrected chi connectivity index (χ0v) is 12.2. The van der Waals surface area contributed by atoms with Gasteiger partial charge in [-0.15, -0.1) is 13.2 Å². The summed E-state index contributed by atoms with van der Waals surface area (Å²) in [6.07, 6.45) is -5.12. The molecule has 0 aliphatic carbocycles. The minimum absolute atomic E-state index is 0.138. The first-order valence-electron chi connectivity index (χ1n) is 5.26. The van der Waals surface area contributed by atoms with Crippen molar-refractivity contribution in [2.24, 2.45) is 0 Å². The second-order valence-corrected chi connectivity index (χ2v) is 4.09. The molecule has 0 saturated carbocycles. The normalized spacial score (nSPS) is 11.1. The Morgan fingerprint density at radius 3 is 2.50 bits per heavy atom. The van der Waals surface area contributed by atoms with Gasteiger partial charge in [-0.1, -0.05) is 15.9 Å². The van der Waals surface area contributed by atoms with Crippen LogP contribution in [0.25, 0.3) is 0 Å². The minimum Gasteiger partial charge on any atom is -0.495 e. The van der Waals surface area contributed by atoms with E-state index in [1.54, 1.807) is 0 Å². The summed E-state index contributed by atoms with van der Waals surface area (Å²) in [7, 11) is 2.50. The smallest absolute Gasteiger partial charge is 0.495 e. The summed E-state index contributed by atoms with van der Waals surface area (Å²) in [6, 6.07) is 0.995. The molecule has 0 fully saturated rings. The second kappa shape index (κ2) is 6.78. The van der Waals surface area contributed by atoms with Crippen molar-refractivity contribution >= 4 is 21.9 Å². The molecule has 0 unspecified atom stereocenters. The summed E-state index contributed by atoms with van der Waals surface area (Å²) in [6.45, 7) is 0. The molecule has 0 atom stereocenters. The van der Waals surface area contributed by atoms with Gasteiger partial charge in [-0.2, -0.15) is 0 Å². The average Bonchev–Trinajstić information content (AvgIpc) is 2.35. The summed E-state index contributed by atoms with van der Waals surface area (Å²) in [5, 5.41) is 0.138. The maximum Gasteiger partial charge on any atom is 0.574 e. The molecule has 0 saturated heterocycles. The maximum absolute atomic E-state index is 12.2. The quantitative estimate of drug-likeness (QED) is 0.598. The number of pyridine rings is 1. The highest BCUT2D eigenvalue weighted by Crippen LogP contribution is 2.31. The van der Waals surface area contributed by atoms with E-state index in [0.717, 1.165) is 6.07 Å². The number of rotatable bonds is 5. The Kier molecular flexibility index (Phi) is 5.61. The number of alkyl halides is 4. The monoisotopic (exact) mass is 357 g/mol. The van der Waals surface area contributed by atoms with Gasteiger partial charge in [-0.25, -0.2) is 4.98 Å². The van der Waals surface area contributed by atoms with Crippen LogP contribution < -0.4 is 9.47 Å². The third-order valence-corrected chi connectivity index (χ3v) is 2.74. The fraction of sp³-hybridized carbons (Fsp3) is 0.455. The van der Waals surface area contributed by atoms with Crippen LogP contribution in [0.5, 0.6) is 11.6 Å². The zero-order chi connectivity index (χ0) is 15.3. The van der Waals surface area contributed by atoms with Gasteiger partial charge in [0.1, 0.15) is 5.75 Å². The molecule has 0 radical (unpaired) electrons. The summed E-state index contributed by atoms with van der Waals surface area (Å²) < 4.78 is 50.0. The molecule has 112 valence electrons. The Balaban J connectivity index is 3.23. The van der Waals surface area contributed by atoms with E-state index in [0.29, 0.717) is 0 Å². The highest BCUT2D eigenvalue weighted by atomic mass is 79.9. The van der Waals surface area contributed by atoms with Gasteiger partial charge in [0.25, 0.3) is 0 Å². The van der Waals surface area contributed by atoms with E-state index in [4.69, 9.17) is 4.74 Å². The number of esters is 1. The Labute approximate surface area is 121 Å². The molecule has 1 aromatic rings. The number of carbonyl (C=O) groups is 1. The minimum atomic E-state index is -4.87. The molecule has 1 heterocycles. The molecular formula is C11H11BrF3NO4. The van der Waals surface area contributed by atoms with Crippen LogP contribution in [0.3, 0.4) is 0 Å². The van der Waals surface area contributed by atoms with Crippen molar-refractivity contribution in [2.45, 2.75) is 18.1 Å². The number of halogens is 4. The first-order valence-corrected chi connectivity index (χ1v) is 6.38. The molecule has 20 heavy (non-hydrogen) atoms. The number of ether oxygens (including phenoxy) is 3. The Morgan fingerprint density at radius 1 is 1.40 bits per heavy atom. The van der Waals surface area contributed by atoms with Gasteiger partial charge in [0.15, 0.2) is 0 Å². The molecule has 0 N–H and O–H groups in total. The molecule has 9 heteroatoms. The van der Waals surface area contributed by atoms with E-state index in [9.17, 15) is 18.0 Å². The first kappa shape index (κ1) is 16.5. The number of methoxy groups -OCH3 is 2. The first-order chi connectivity index (χ1) is 9.30. The molecule has 5 nitrogen and oxygen atoms in total. The van der Waals surface area contributed by atoms with E-state index >= 15 is 0 Å². The van der Waals surface area contributed by atoms with Crippen LogP contribution in [-0.4, -0.2) is 31.5 Å². The van der Waals surface area contributed by atoms with Crippen molar-refractivity contribution in [3.63, 3.8) is 0 Å². The maximum atomic E-state index is 12.2. The number of nitrogens with zero attached hydrogens (tertiary/aromatic N) is 1. The van der Waals surface area contributed by atoms with Gasteiger partial charge < -0.3 is 14.2 Å². The molecule has 0 amide bonds. The third-order valence-electron chi connectivity index (χ3n) is 2.21. The zero-order valence-electron chi connectivity index (χ0n) is 10.6. The standard InChI is InChI=1S/C11H11BrF3NO4/c1-18-9(17)4-6-3-8(20-11(13,14)15)16-7(5-12)10(6)19-2/h3H,4-5H2,1-2H3. The van der Waals surface area contributed by atoms with Gasteiger partial charge in [0.2, 0.25) is 5.88 Å². The fourth-order valence-corrected chi connectivity index (χ4v) is 1.87. The Morgan fingerprint density at radius 2 is 2.05 bits per heavy atom. The van der Waals surface area contributed by atoms with Crippen molar-refractivity contribution < 1.29 is 32.2 Å². The van der Waals surface area contributed by atoms with Crippen LogP contribution >= 0.6 is 15.9 Å². The highest BCUT2D eigenvalue weighted by molar-refractivity contribution is 9.08. The summed E-state index contributed by atoms with van der Waals surface area (Å²) in [5.74, 6) is -1.07. The average molecular weight is 358 g/mol. The lowest BCUT2D eigenvalue weighted by Crippen LogP contribution is -2.19. The SMILES string of the molecule is COC(=O)Cc1cc(OC(F)(F)F)nc(CBr)c1OC. The van der Waals surface area contributed by atoms with Gasteiger partial charge in [-0.05, 0) is 0 Å². The molecule has 1 aromatic heterocycles. The van der Waals surface area contributed by atoms with Crippen molar-refractivity contribution in [2.75, 3.05) is 14.2 Å². The molecule has 1 rings (SSSR count). The Bertz CT molecular complexity index is 493. The molecule has 0 aliphatic heterocycles. The highest BCUT2D eigenvalue weighted by Gasteiger charge is 2.32. The molecule has 0 spiro atoms. The summed E-state index contributed by atoms with van der Waals surface area (Å²) >= 11 is 3.08. The van der Waals surface area contributed by atoms with Crippen molar-refractivity contribution in [1.82, 2.24) is 4.98 Å². The predicted octanol–water partition coefficient (Wildman–Crippen LogP) is 2.60. The van der Waals surface area contributed by atoms with Crippen LogP contribution in [0.2, 0.25) is 0 Å². The predicted molar refractivity (Wildman–Crippen MR) is 65.8 cm³/mol. The lowest BCUT2D eigenvalue weighted by molar-refractivity contribution is -0.276. The Hall–Kier alpha value is -1.51. The van der Waals surface area contributed by atoms with Crippen molar-refractivity contribution in [3.05, 3.63) is 17.3 Å². The van der Waals surface area contributed by atoms with Crippen LogP contribution in [0, 0.1) is 0 Å². The fourth-order valence-electron chi connectivity index (χ4n) is 1.49. The topological polar surface area (TPSA) is 57.7 Å². The molecule has 0 bridgehead atoms. The van der Waals surface area contributed by atoms with Gasteiger partial charge in [0.05, 0.1) is 26.3 Å². The number of aromatic nitrogens is 1. The van der Waals surface area contributed by atoms with Gasteiger partial charge >= 0.3 is 12.3 Å². The molecule has 0 aromatic carbocycles. The van der Waals surface area contributed by atoms with E-state index in [-0.39, 0.29) is 28.8 Å². The molecular weight excluding hydrogens is 347 g/mol. The van der Waals surface area contributed by atoms with Gasteiger partial charge in [-0.3, -0.25) is 4.79 Å². The van der Waals surface area contributed by atoms with Crippen LogP contribution in [0.4, 0.5) is 13.2 Å². The lowest BCUT2D eigenvalue weighted by Gasteiger charge is -2.14. The molecule has 0 aliphatic rings. The van der Waals surface area contributed by atoms with Gasteiger partial charge in [0, 0.05) is 17.0 Å².